The standard InChI is InChI=1S/C67H54Cl4N22O28S8/c1-27-9-5-6-10-28(27)76-59-82-61(87-65(85-59)91(2)21-24-122(94,95)96)78-34-17-13-30-47(55(34)126(106,107)108)118-51-39(68)45-53(41(70)43(51)72-30)120-49-32(74-45)15-19-36(57(49)128(112,113)114)80-63-84-64(90-67(89-63)93(4)23-26-124(100,101)102)81-37-20-16-33-50(58(37)129(115,116)117)121-54-42(71)44-52(40(69)46(54)75-33)119-48-31(73-44)14-18-35(56(48)127(109,110)111)79-62-83-60(77-29-11-7-8-12-38(29)125(103,104)105)86-66(88-62)92(3)22-25-123(97,98)99/h5-20H,21-26H2,1-4H3,(H,94,95,96)(H,97,98,99)(H,100,101,102)(H,103,104,105)(H,106,107,108)(H,109,110,111)(H,112,113,114)(H,115,116,117)(H2,76,78,82,85,87)(H2,77,79,83,86,88)(H2,80,81,84,89,90). The van der Waals surface area contributed by atoms with Crippen molar-refractivity contribution in [2.45, 2.75) is 31.4 Å². The van der Waals surface area contributed by atoms with E-state index >= 15 is 0 Å². The highest BCUT2D eigenvalue weighted by atomic mass is 35.5. The summed E-state index contributed by atoms with van der Waals surface area (Å²) in [6.07, 6.45) is 0. The van der Waals surface area contributed by atoms with Gasteiger partial charge in [0, 0.05) is 46.5 Å². The average molecular weight is 2010 g/mol. The van der Waals surface area contributed by atoms with Gasteiger partial charge >= 0.3 is 0 Å². The molecule has 0 aliphatic carbocycles. The number of rotatable bonds is 29. The Balaban J connectivity index is 0.749. The van der Waals surface area contributed by atoms with E-state index < -0.39 is 305 Å². The lowest BCUT2D eigenvalue weighted by atomic mass is 10.2. The van der Waals surface area contributed by atoms with Crippen molar-refractivity contribution in [3.05, 3.63) is 144 Å². The van der Waals surface area contributed by atoms with Crippen molar-refractivity contribution < 1.29 is 123 Å². The quantitative estimate of drug-likeness (QED) is 0.0197. The molecule has 4 aliphatic heterocycles. The Bertz CT molecular complexity index is 8000. The number of hydrogen-bond donors (Lipinski definition) is 14. The van der Waals surface area contributed by atoms with Gasteiger partial charge in [-0.05, 0) is 79.2 Å². The number of anilines is 15. The first-order valence-corrected chi connectivity index (χ1v) is 49.0. The van der Waals surface area contributed by atoms with Crippen LogP contribution >= 0.6 is 46.4 Å². The number of hydrogen-bond acceptors (Lipinski definition) is 42. The molecule has 0 unspecified atom stereocenters. The number of aromatic nitrogens is 9. The highest BCUT2D eigenvalue weighted by Gasteiger charge is 2.39. The lowest BCUT2D eigenvalue weighted by Gasteiger charge is -2.24. The van der Waals surface area contributed by atoms with Crippen LogP contribution in [0.15, 0.2) is 142 Å². The third-order valence-corrected chi connectivity index (χ3v) is 26.5. The third kappa shape index (κ3) is 19.4. The number of benzene rings is 8. The summed E-state index contributed by atoms with van der Waals surface area (Å²) in [5.41, 5.74) is -3.14. The Morgan fingerprint density at radius 1 is 0.295 bits per heavy atom. The molecule has 4 aliphatic rings. The summed E-state index contributed by atoms with van der Waals surface area (Å²) in [6.45, 7) is 0.316. The second kappa shape index (κ2) is 33.7. The molecule has 3 aromatic heterocycles. The number of aryl methyl sites for hydroxylation is 1. The van der Waals surface area contributed by atoms with Gasteiger partial charge < -0.3 is 65.5 Å². The zero-order valence-corrected chi connectivity index (χ0v) is 74.2. The number of fused-ring (bicyclic) bond motifs is 8. The Morgan fingerprint density at radius 3 is 0.767 bits per heavy atom. The molecule has 14 N–H and O–H groups in total. The van der Waals surface area contributed by atoms with Crippen LogP contribution in [-0.2, 0) is 80.9 Å². The fraction of sp³-hybridized carbons (Fsp3) is 0.149. The van der Waals surface area contributed by atoms with Crippen LogP contribution in [0.3, 0.4) is 0 Å². The molecule has 0 saturated heterocycles. The predicted molar refractivity (Wildman–Crippen MR) is 457 cm³/mol. The molecule has 11 aromatic rings. The Kier molecular flexibility index (Phi) is 23.9. The number of halogens is 4. The van der Waals surface area contributed by atoms with E-state index in [2.05, 4.69) is 96.7 Å². The van der Waals surface area contributed by atoms with E-state index in [0.29, 0.717) is 5.69 Å². The van der Waals surface area contributed by atoms with E-state index in [0.717, 1.165) is 63.9 Å². The highest BCUT2D eigenvalue weighted by Crippen LogP contribution is 2.53. The number of para-hydroxylation sites is 2. The van der Waals surface area contributed by atoms with Crippen molar-refractivity contribution in [1.29, 1.82) is 0 Å². The van der Waals surface area contributed by atoms with E-state index in [1.54, 1.807) is 31.2 Å². The van der Waals surface area contributed by atoms with Gasteiger partial charge in [-0.3, -0.25) is 36.4 Å². The van der Waals surface area contributed by atoms with Crippen LogP contribution in [0.1, 0.15) is 5.56 Å². The molecule has 0 fully saturated rings. The van der Waals surface area contributed by atoms with Crippen LogP contribution in [0.2, 0.25) is 20.1 Å². The lowest BCUT2D eigenvalue weighted by Crippen LogP contribution is -2.27. The molecule has 0 atom stereocenters. The van der Waals surface area contributed by atoms with Crippen molar-refractivity contribution in [2.75, 3.05) is 105 Å². The van der Waals surface area contributed by atoms with Gasteiger partial charge in [-0.15, -0.1) is 0 Å². The molecule has 7 heterocycles. The molecule has 676 valence electrons. The highest BCUT2D eigenvalue weighted by molar-refractivity contribution is 7.87. The number of ether oxygens (including phenoxy) is 4. The minimum absolute atomic E-state index is 0.157. The molecule has 62 heteroatoms. The van der Waals surface area contributed by atoms with Crippen molar-refractivity contribution in [3.8, 4) is 46.0 Å². The van der Waals surface area contributed by atoms with Gasteiger partial charge in [0.15, 0.2) is 65.6 Å². The zero-order chi connectivity index (χ0) is 93.2. The molecule has 15 rings (SSSR count). The SMILES string of the molecule is Cc1ccccc1Nc1nc(Nc2ccc3c(c2S(=O)(=O)O)Oc2c(Cl)c4c(c(Cl)c2=N3)Oc2c(ccc(Nc3nc(Nc5ccc6c(c5S(=O)(=O)O)Oc5c(Cl)c7c(c(Cl)c5=N6)Oc5c(ccc(Nc6nc(Nc8ccccc8S(=O)(=O)O)nc(N(C)CCS(=O)(=O)O)n6)c5S(=O)(=O)O)N=7)nc(N(C)CCS(=O)(=O)O)n3)c2S(=O)(=O)O)N=4)nc(N(C)CCS(=O)(=O)O)n1. The van der Waals surface area contributed by atoms with Crippen molar-refractivity contribution in [3.63, 3.8) is 0 Å². The Hall–Kier alpha value is -12.2. The normalized spacial score (nSPS) is 13.2. The molecule has 0 saturated carbocycles. The summed E-state index contributed by atoms with van der Waals surface area (Å²) in [7, 11) is -37.0. The molecular weight excluding hydrogens is 1960 g/mol. The topological polar surface area (TPSA) is 719 Å². The van der Waals surface area contributed by atoms with E-state index in [9.17, 15) is 104 Å². The van der Waals surface area contributed by atoms with Crippen LogP contribution in [-0.4, -0.2) is 207 Å². The first-order chi connectivity index (χ1) is 60.2. The van der Waals surface area contributed by atoms with Crippen molar-refractivity contribution in [2.24, 2.45) is 20.0 Å². The molecule has 0 spiro atoms. The first kappa shape index (κ1) is 91.6. The summed E-state index contributed by atoms with van der Waals surface area (Å²) in [4.78, 5) is 54.5. The lowest BCUT2D eigenvalue weighted by molar-refractivity contribution is 0.428. The Labute approximate surface area is 745 Å². The van der Waals surface area contributed by atoms with Crippen LogP contribution in [0.25, 0.3) is 0 Å². The van der Waals surface area contributed by atoms with Gasteiger partial charge in [0.05, 0.1) is 45.7 Å². The van der Waals surface area contributed by atoms with E-state index in [1.807, 2.05) is 0 Å². The number of nitrogens with zero attached hydrogens (tertiary/aromatic N) is 16. The van der Waals surface area contributed by atoms with Crippen LogP contribution in [0.4, 0.5) is 110 Å². The monoisotopic (exact) mass is 2010 g/mol. The minimum Gasteiger partial charge on any atom is -0.450 e. The maximum atomic E-state index is 13.8. The smallest absolute Gasteiger partial charge is 0.300 e. The summed E-state index contributed by atoms with van der Waals surface area (Å²) in [6, 6.07) is 20.2. The molecular formula is C67H54Cl4N22O28S8. The molecule has 50 nitrogen and oxygen atoms in total. The maximum Gasteiger partial charge on any atom is 0.300 e. The second-order valence-corrected chi connectivity index (χ2v) is 40.4. The molecule has 8 aromatic carbocycles. The second-order valence-electron chi connectivity index (χ2n) is 27.4. The van der Waals surface area contributed by atoms with Gasteiger partial charge in [-0.25, -0.2) is 20.0 Å². The van der Waals surface area contributed by atoms with Crippen LogP contribution in [0, 0.1) is 6.92 Å². The summed E-state index contributed by atoms with van der Waals surface area (Å²) in [5.74, 6) is -12.3. The average Bonchev–Trinajstić information content (AvgIpc) is 0.723. The Morgan fingerprint density at radius 2 is 0.527 bits per heavy atom. The molecule has 0 amide bonds. The van der Waals surface area contributed by atoms with Gasteiger partial charge in [0.25, 0.3) is 80.9 Å². The van der Waals surface area contributed by atoms with E-state index in [4.69, 9.17) is 65.4 Å². The van der Waals surface area contributed by atoms with Gasteiger partial charge in [0.1, 0.15) is 69.2 Å². The first-order valence-electron chi connectivity index (χ1n) is 35.5. The van der Waals surface area contributed by atoms with E-state index in [1.165, 1.54) is 50.3 Å². The predicted octanol–water partition coefficient (Wildman–Crippen LogP) is 8.06. The van der Waals surface area contributed by atoms with Crippen molar-refractivity contribution in [1.82, 2.24) is 44.9 Å². The molecule has 0 radical (unpaired) electrons. The third-order valence-electron chi connectivity index (χ3n) is 18.4. The van der Waals surface area contributed by atoms with Crippen molar-refractivity contribution >= 4 is 238 Å². The fourth-order valence-electron chi connectivity index (χ4n) is 12.5. The maximum absolute atomic E-state index is 13.8. The van der Waals surface area contributed by atoms with Crippen LogP contribution < -0.4 is 87.0 Å². The molecule has 0 bridgehead atoms. The zero-order valence-electron chi connectivity index (χ0n) is 64.7. The largest absolute Gasteiger partial charge is 0.450 e. The number of nitrogens with one attached hydrogen (secondary N) is 6. The molecule has 129 heavy (non-hydrogen) atoms. The van der Waals surface area contributed by atoms with Crippen LogP contribution in [0.5, 0.6) is 46.0 Å². The summed E-state index contributed by atoms with van der Waals surface area (Å²) < 4.78 is 313. The van der Waals surface area contributed by atoms with Gasteiger partial charge in [-0.1, -0.05) is 76.7 Å². The summed E-state index contributed by atoms with van der Waals surface area (Å²) >= 11 is 28.0. The van der Waals surface area contributed by atoms with Gasteiger partial charge in [0.2, 0.25) is 53.5 Å². The minimum atomic E-state index is -5.62. The summed E-state index contributed by atoms with van der Waals surface area (Å²) in [5, 5.41) is 11.9. The fourth-order valence-corrected chi connectivity index (χ4v) is 18.8. The van der Waals surface area contributed by atoms with Gasteiger partial charge in [-0.2, -0.15) is 112 Å². The van der Waals surface area contributed by atoms with E-state index in [-0.39, 0.29) is 29.8 Å².